The monoisotopic (exact) mass is 400 g/mol. The number of nitrogens with zero attached hydrogens (tertiary/aromatic N) is 4. The number of carbonyl (C=O) groups excluding carboxylic acids is 1. The van der Waals surface area contributed by atoms with Crippen molar-refractivity contribution >= 4 is 11.6 Å². The van der Waals surface area contributed by atoms with Crippen molar-refractivity contribution in [3.8, 4) is 0 Å². The summed E-state index contributed by atoms with van der Waals surface area (Å²) in [7, 11) is 1.85. The first-order chi connectivity index (χ1) is 14.0. The fourth-order valence-electron chi connectivity index (χ4n) is 4.36. The van der Waals surface area contributed by atoms with Crippen molar-refractivity contribution < 1.29 is 14.3 Å². The predicted molar refractivity (Wildman–Crippen MR) is 111 cm³/mol. The third-order valence-electron chi connectivity index (χ3n) is 6.09. The minimum absolute atomic E-state index is 0.0187. The number of piperazine rings is 1. The second-order valence-electron chi connectivity index (χ2n) is 7.99. The molecule has 1 aromatic carbocycles. The van der Waals surface area contributed by atoms with Crippen LogP contribution in [0.5, 0.6) is 0 Å². The molecule has 0 aliphatic carbocycles. The molecule has 1 N–H and O–H groups in total. The molecule has 7 heteroatoms. The number of aromatic nitrogens is 1. The van der Waals surface area contributed by atoms with E-state index in [1.54, 1.807) is 0 Å². The average Bonchev–Trinajstić information content (AvgIpc) is 3.07. The minimum Gasteiger partial charge on any atom is -0.388 e. The van der Waals surface area contributed by atoms with Gasteiger partial charge in [-0.15, -0.1) is 0 Å². The van der Waals surface area contributed by atoms with E-state index in [0.29, 0.717) is 25.2 Å². The van der Waals surface area contributed by atoms with Gasteiger partial charge in [-0.25, -0.2) is 4.39 Å². The van der Waals surface area contributed by atoms with Crippen LogP contribution in [0.15, 0.2) is 36.5 Å². The Labute approximate surface area is 171 Å². The molecular formula is C22H29FN4O2. The molecular weight excluding hydrogens is 371 g/mol. The molecule has 29 heavy (non-hydrogen) atoms. The number of benzene rings is 1. The Kier molecular flexibility index (Phi) is 5.87. The molecule has 1 unspecified atom stereocenters. The SMILES string of the molecule is Cn1ccc2c1C(=O)N(CCCN1CCN(c3ccc(F)cc3)CC1)CCC2O. The van der Waals surface area contributed by atoms with Gasteiger partial charge in [0, 0.05) is 63.8 Å². The smallest absolute Gasteiger partial charge is 0.270 e. The molecule has 3 heterocycles. The first-order valence-electron chi connectivity index (χ1n) is 10.4. The lowest BCUT2D eigenvalue weighted by Gasteiger charge is -2.36. The largest absolute Gasteiger partial charge is 0.388 e. The van der Waals surface area contributed by atoms with Gasteiger partial charge in [-0.05, 0) is 49.7 Å². The number of carbonyl (C=O) groups is 1. The lowest BCUT2D eigenvalue weighted by Crippen LogP contribution is -2.47. The molecule has 2 aliphatic heterocycles. The number of aliphatic hydroxyl groups is 1. The second-order valence-corrected chi connectivity index (χ2v) is 7.99. The van der Waals surface area contributed by atoms with Gasteiger partial charge in [0.2, 0.25) is 0 Å². The normalized spacial score (nSPS) is 20.7. The Morgan fingerprint density at radius 3 is 2.48 bits per heavy atom. The van der Waals surface area contributed by atoms with Crippen LogP contribution in [0.4, 0.5) is 10.1 Å². The number of amides is 1. The van der Waals surface area contributed by atoms with E-state index < -0.39 is 6.10 Å². The molecule has 1 fully saturated rings. The molecule has 0 radical (unpaired) electrons. The summed E-state index contributed by atoms with van der Waals surface area (Å²) in [5, 5.41) is 10.3. The summed E-state index contributed by atoms with van der Waals surface area (Å²) in [5.74, 6) is -0.185. The van der Waals surface area contributed by atoms with Crippen molar-refractivity contribution in [2.75, 3.05) is 50.7 Å². The number of hydrogen-bond acceptors (Lipinski definition) is 4. The van der Waals surface area contributed by atoms with E-state index in [2.05, 4.69) is 9.80 Å². The van der Waals surface area contributed by atoms with Gasteiger partial charge in [0.15, 0.2) is 0 Å². The van der Waals surface area contributed by atoms with Crippen LogP contribution in [0.25, 0.3) is 0 Å². The fraction of sp³-hybridized carbons (Fsp3) is 0.500. The summed E-state index contributed by atoms with van der Waals surface area (Å²) in [6.45, 7) is 6.02. The number of rotatable bonds is 5. The van der Waals surface area contributed by atoms with Crippen molar-refractivity contribution in [1.82, 2.24) is 14.4 Å². The van der Waals surface area contributed by atoms with Gasteiger partial charge in [-0.1, -0.05) is 0 Å². The Hall–Kier alpha value is -2.38. The third kappa shape index (κ3) is 4.31. The van der Waals surface area contributed by atoms with Crippen LogP contribution in [0.1, 0.15) is 35.0 Å². The fourth-order valence-corrected chi connectivity index (χ4v) is 4.36. The van der Waals surface area contributed by atoms with E-state index in [1.807, 2.05) is 40.9 Å². The minimum atomic E-state index is -0.570. The van der Waals surface area contributed by atoms with Gasteiger partial charge in [-0.2, -0.15) is 0 Å². The van der Waals surface area contributed by atoms with Crippen LogP contribution in [0.3, 0.4) is 0 Å². The summed E-state index contributed by atoms with van der Waals surface area (Å²) in [6, 6.07) is 8.54. The van der Waals surface area contributed by atoms with Crippen molar-refractivity contribution in [2.45, 2.75) is 18.9 Å². The summed E-state index contributed by atoms with van der Waals surface area (Å²) in [6.07, 6.45) is 2.77. The standard InChI is InChI=1S/C22H29FN4O2/c1-24-11-7-19-20(28)8-12-27(22(29)21(19)24)10-2-9-25-13-15-26(16-14-25)18-5-3-17(23)4-6-18/h3-7,11,20,28H,2,8-10,12-16H2,1H3. The molecule has 1 aromatic heterocycles. The topological polar surface area (TPSA) is 52.0 Å². The molecule has 2 aliphatic rings. The average molecular weight is 400 g/mol. The lowest BCUT2D eigenvalue weighted by molar-refractivity contribution is 0.0730. The maximum atomic E-state index is 13.1. The van der Waals surface area contributed by atoms with Gasteiger partial charge < -0.3 is 19.5 Å². The molecule has 0 spiro atoms. The highest BCUT2D eigenvalue weighted by molar-refractivity contribution is 5.94. The van der Waals surface area contributed by atoms with E-state index in [0.717, 1.165) is 50.4 Å². The van der Waals surface area contributed by atoms with Gasteiger partial charge in [0.05, 0.1) is 6.10 Å². The zero-order chi connectivity index (χ0) is 20.4. The summed E-state index contributed by atoms with van der Waals surface area (Å²) >= 11 is 0. The summed E-state index contributed by atoms with van der Waals surface area (Å²) in [4.78, 5) is 19.5. The number of fused-ring (bicyclic) bond motifs is 1. The van der Waals surface area contributed by atoms with Crippen molar-refractivity contribution in [3.05, 3.63) is 53.6 Å². The molecule has 1 saturated heterocycles. The summed E-state index contributed by atoms with van der Waals surface area (Å²) in [5.41, 5.74) is 2.43. The van der Waals surface area contributed by atoms with Gasteiger partial charge in [-0.3, -0.25) is 9.69 Å². The van der Waals surface area contributed by atoms with Gasteiger partial charge in [0.1, 0.15) is 11.5 Å². The first kappa shape index (κ1) is 19.9. The van der Waals surface area contributed by atoms with Gasteiger partial charge >= 0.3 is 0 Å². The number of aliphatic hydroxyl groups excluding tert-OH is 1. The van der Waals surface area contributed by atoms with Crippen LogP contribution in [0.2, 0.25) is 0 Å². The zero-order valence-corrected chi connectivity index (χ0v) is 16.9. The van der Waals surface area contributed by atoms with Crippen LogP contribution >= 0.6 is 0 Å². The van der Waals surface area contributed by atoms with Gasteiger partial charge in [0.25, 0.3) is 5.91 Å². The Morgan fingerprint density at radius 2 is 1.76 bits per heavy atom. The van der Waals surface area contributed by atoms with E-state index in [-0.39, 0.29) is 11.7 Å². The highest BCUT2D eigenvalue weighted by Crippen LogP contribution is 2.27. The predicted octanol–water partition coefficient (Wildman–Crippen LogP) is 2.26. The number of anilines is 1. The van der Waals surface area contributed by atoms with Crippen molar-refractivity contribution in [1.29, 1.82) is 0 Å². The highest BCUT2D eigenvalue weighted by Gasteiger charge is 2.29. The van der Waals surface area contributed by atoms with Crippen LogP contribution in [-0.4, -0.2) is 71.2 Å². The maximum absolute atomic E-state index is 13.1. The molecule has 156 valence electrons. The van der Waals surface area contributed by atoms with Crippen LogP contribution in [-0.2, 0) is 7.05 Å². The molecule has 0 saturated carbocycles. The Balaban J connectivity index is 1.26. The molecule has 1 atom stereocenters. The number of halogens is 1. The van der Waals surface area contributed by atoms with E-state index >= 15 is 0 Å². The lowest BCUT2D eigenvalue weighted by atomic mass is 10.1. The maximum Gasteiger partial charge on any atom is 0.270 e. The first-order valence-corrected chi connectivity index (χ1v) is 10.4. The third-order valence-corrected chi connectivity index (χ3v) is 6.09. The molecule has 1 amide bonds. The number of aryl methyl sites for hydroxylation is 1. The van der Waals surface area contributed by atoms with Crippen molar-refractivity contribution in [3.63, 3.8) is 0 Å². The molecule has 0 bridgehead atoms. The Bertz CT molecular complexity index is 843. The molecule has 6 nitrogen and oxygen atoms in total. The van der Waals surface area contributed by atoms with Crippen molar-refractivity contribution in [2.24, 2.45) is 7.05 Å². The van der Waals surface area contributed by atoms with E-state index in [4.69, 9.17) is 0 Å². The van der Waals surface area contributed by atoms with E-state index in [9.17, 15) is 14.3 Å². The van der Waals surface area contributed by atoms with E-state index in [1.165, 1.54) is 12.1 Å². The second kappa shape index (κ2) is 8.55. The zero-order valence-electron chi connectivity index (χ0n) is 16.9. The molecule has 4 rings (SSSR count). The van der Waals surface area contributed by atoms with Crippen LogP contribution in [0, 0.1) is 5.82 Å². The summed E-state index contributed by atoms with van der Waals surface area (Å²) < 4.78 is 14.9. The quantitative estimate of drug-likeness (QED) is 0.837. The Morgan fingerprint density at radius 1 is 1.03 bits per heavy atom. The highest BCUT2D eigenvalue weighted by atomic mass is 19.1. The van der Waals surface area contributed by atoms with Crippen LogP contribution < -0.4 is 4.90 Å². The molecule has 2 aromatic rings. The number of hydrogen-bond donors (Lipinski definition) is 1.